The molecule has 1 aromatic carbocycles. The third kappa shape index (κ3) is 1.47. The minimum atomic E-state index is 0.576. The van der Waals surface area contributed by atoms with Crippen LogP contribution in [-0.4, -0.2) is 5.71 Å². The maximum atomic E-state index is 4.68. The summed E-state index contributed by atoms with van der Waals surface area (Å²) in [4.78, 5) is 4.68. The Morgan fingerprint density at radius 3 is 2.79 bits per heavy atom. The Balaban J connectivity index is 2.39. The lowest BCUT2D eigenvalue weighted by molar-refractivity contribution is 0.870. The number of rotatable bonds is 2. The molecule has 1 aliphatic heterocycles. The topological polar surface area (TPSA) is 12.4 Å². The molecule has 1 heterocycles. The molecule has 0 unspecified atom stereocenters. The van der Waals surface area contributed by atoms with Gasteiger partial charge in [0.25, 0.3) is 0 Å². The summed E-state index contributed by atoms with van der Waals surface area (Å²) >= 11 is 0. The number of aryl methyl sites for hydroxylation is 1. The first-order valence-electron chi connectivity index (χ1n) is 5.40. The minimum Gasteiger partial charge on any atom is -0.257 e. The van der Waals surface area contributed by atoms with E-state index in [1.165, 1.54) is 22.5 Å². The van der Waals surface area contributed by atoms with Gasteiger partial charge in [0, 0.05) is 12.1 Å². The van der Waals surface area contributed by atoms with E-state index in [1.54, 1.807) is 0 Å². The van der Waals surface area contributed by atoms with Crippen LogP contribution in [0.3, 0.4) is 0 Å². The number of hydrogen-bond donors (Lipinski definition) is 0. The molecule has 0 aliphatic carbocycles. The minimum absolute atomic E-state index is 0.576. The van der Waals surface area contributed by atoms with Crippen molar-refractivity contribution >= 4 is 11.4 Å². The molecule has 0 amide bonds. The third-order valence-corrected chi connectivity index (χ3v) is 2.92. The van der Waals surface area contributed by atoms with Gasteiger partial charge in [-0.2, -0.15) is 0 Å². The lowest BCUT2D eigenvalue weighted by Gasteiger charge is -2.05. The van der Waals surface area contributed by atoms with Gasteiger partial charge >= 0.3 is 0 Å². The fourth-order valence-corrected chi connectivity index (χ4v) is 1.97. The number of aliphatic imine (C=N–C) groups is 1. The summed E-state index contributed by atoms with van der Waals surface area (Å²) in [5.41, 5.74) is 5.45. The maximum absolute atomic E-state index is 4.68. The van der Waals surface area contributed by atoms with Crippen LogP contribution in [0, 0.1) is 5.92 Å². The average molecular weight is 187 g/mol. The zero-order valence-corrected chi connectivity index (χ0v) is 9.17. The molecule has 1 aliphatic rings. The van der Waals surface area contributed by atoms with Crippen LogP contribution >= 0.6 is 0 Å². The van der Waals surface area contributed by atoms with Gasteiger partial charge < -0.3 is 0 Å². The molecule has 1 heteroatoms. The van der Waals surface area contributed by atoms with Crippen LogP contribution in [0.5, 0.6) is 0 Å². The standard InChI is InChI=1S/C13H17N/c1-4-10-6-5-7-12-11(10)8-13(14-12)9(2)3/h5-7,9H,4,8H2,1-3H3. The Morgan fingerprint density at radius 2 is 2.14 bits per heavy atom. The van der Waals surface area contributed by atoms with Crippen molar-refractivity contribution in [2.24, 2.45) is 10.9 Å². The SMILES string of the molecule is CCc1cccc2c1CC(C(C)C)=N2. The van der Waals surface area contributed by atoms with E-state index in [2.05, 4.69) is 44.0 Å². The normalized spacial score (nSPS) is 14.4. The number of fused-ring (bicyclic) bond motifs is 1. The molecule has 1 nitrogen and oxygen atoms in total. The average Bonchev–Trinajstić information content (AvgIpc) is 2.60. The van der Waals surface area contributed by atoms with E-state index < -0.39 is 0 Å². The van der Waals surface area contributed by atoms with Crippen LogP contribution in [-0.2, 0) is 12.8 Å². The molecule has 0 N–H and O–H groups in total. The first-order valence-corrected chi connectivity index (χ1v) is 5.40. The van der Waals surface area contributed by atoms with E-state index in [4.69, 9.17) is 0 Å². The second-order valence-corrected chi connectivity index (χ2v) is 4.20. The largest absolute Gasteiger partial charge is 0.257 e. The molecule has 0 radical (unpaired) electrons. The number of nitrogens with zero attached hydrogens (tertiary/aromatic N) is 1. The van der Waals surface area contributed by atoms with Crippen LogP contribution in [0.2, 0.25) is 0 Å². The molecule has 0 spiro atoms. The fourth-order valence-electron chi connectivity index (χ4n) is 1.97. The van der Waals surface area contributed by atoms with E-state index in [1.807, 2.05) is 0 Å². The lowest BCUT2D eigenvalue weighted by Crippen LogP contribution is -2.07. The predicted octanol–water partition coefficient (Wildman–Crippen LogP) is 3.53. The van der Waals surface area contributed by atoms with Gasteiger partial charge in [-0.15, -0.1) is 0 Å². The van der Waals surface area contributed by atoms with Gasteiger partial charge in [-0.1, -0.05) is 32.9 Å². The van der Waals surface area contributed by atoms with Crippen LogP contribution in [0.15, 0.2) is 23.2 Å². The zero-order valence-electron chi connectivity index (χ0n) is 9.17. The van der Waals surface area contributed by atoms with Gasteiger partial charge in [-0.3, -0.25) is 4.99 Å². The highest BCUT2D eigenvalue weighted by Gasteiger charge is 2.18. The van der Waals surface area contributed by atoms with E-state index in [0.717, 1.165) is 12.8 Å². The zero-order chi connectivity index (χ0) is 10.1. The van der Waals surface area contributed by atoms with Crippen molar-refractivity contribution in [2.75, 3.05) is 0 Å². The van der Waals surface area contributed by atoms with Crippen molar-refractivity contribution in [1.82, 2.24) is 0 Å². The molecular formula is C13H17N. The van der Waals surface area contributed by atoms with Crippen molar-refractivity contribution < 1.29 is 0 Å². The number of hydrogen-bond acceptors (Lipinski definition) is 1. The Bertz CT molecular complexity index is 375. The van der Waals surface area contributed by atoms with E-state index in [9.17, 15) is 0 Å². The summed E-state index contributed by atoms with van der Waals surface area (Å²) in [6.07, 6.45) is 2.18. The fraction of sp³-hybridized carbons (Fsp3) is 0.462. The van der Waals surface area contributed by atoms with Gasteiger partial charge in [-0.25, -0.2) is 0 Å². The summed E-state index contributed by atoms with van der Waals surface area (Å²) in [5.74, 6) is 0.576. The molecule has 0 aromatic heterocycles. The van der Waals surface area contributed by atoms with Gasteiger partial charge in [0.1, 0.15) is 0 Å². The van der Waals surface area contributed by atoms with Crippen LogP contribution in [0.4, 0.5) is 5.69 Å². The predicted molar refractivity (Wildman–Crippen MR) is 61.5 cm³/mol. The molecule has 74 valence electrons. The van der Waals surface area contributed by atoms with Crippen LogP contribution in [0.1, 0.15) is 31.9 Å². The molecule has 2 rings (SSSR count). The van der Waals surface area contributed by atoms with Gasteiger partial charge in [0.15, 0.2) is 0 Å². The lowest BCUT2D eigenvalue weighted by atomic mass is 9.97. The van der Waals surface area contributed by atoms with Crippen molar-refractivity contribution in [3.63, 3.8) is 0 Å². The van der Waals surface area contributed by atoms with Gasteiger partial charge in [0.2, 0.25) is 0 Å². The maximum Gasteiger partial charge on any atom is 0.0667 e. The second-order valence-electron chi connectivity index (χ2n) is 4.20. The Hall–Kier alpha value is -1.11. The van der Waals surface area contributed by atoms with Crippen LogP contribution in [0.25, 0.3) is 0 Å². The highest BCUT2D eigenvalue weighted by atomic mass is 14.8. The monoisotopic (exact) mass is 187 g/mol. The summed E-state index contributed by atoms with van der Waals surface area (Å²) in [7, 11) is 0. The van der Waals surface area contributed by atoms with Gasteiger partial charge in [0.05, 0.1) is 5.69 Å². The summed E-state index contributed by atoms with van der Waals surface area (Å²) < 4.78 is 0. The smallest absolute Gasteiger partial charge is 0.0667 e. The first kappa shape index (κ1) is 9.45. The molecule has 0 saturated heterocycles. The second kappa shape index (κ2) is 3.56. The first-order chi connectivity index (χ1) is 6.72. The van der Waals surface area contributed by atoms with Crippen LogP contribution < -0.4 is 0 Å². The molecule has 0 atom stereocenters. The third-order valence-electron chi connectivity index (χ3n) is 2.92. The molecule has 1 aromatic rings. The highest BCUT2D eigenvalue weighted by molar-refractivity contribution is 5.95. The molecule has 14 heavy (non-hydrogen) atoms. The Kier molecular flexibility index (Phi) is 2.40. The highest BCUT2D eigenvalue weighted by Crippen LogP contribution is 2.31. The molecular weight excluding hydrogens is 170 g/mol. The Labute approximate surface area is 85.9 Å². The molecule has 0 saturated carbocycles. The number of benzene rings is 1. The van der Waals surface area contributed by atoms with Gasteiger partial charge in [-0.05, 0) is 29.5 Å². The van der Waals surface area contributed by atoms with E-state index in [-0.39, 0.29) is 0 Å². The summed E-state index contributed by atoms with van der Waals surface area (Å²) in [6.45, 7) is 6.65. The van der Waals surface area contributed by atoms with E-state index >= 15 is 0 Å². The van der Waals surface area contributed by atoms with E-state index in [0.29, 0.717) is 5.92 Å². The van der Waals surface area contributed by atoms with Crippen molar-refractivity contribution in [1.29, 1.82) is 0 Å². The quantitative estimate of drug-likeness (QED) is 0.671. The van der Waals surface area contributed by atoms with Crippen molar-refractivity contribution in [3.05, 3.63) is 29.3 Å². The Morgan fingerprint density at radius 1 is 1.36 bits per heavy atom. The van der Waals surface area contributed by atoms with Crippen molar-refractivity contribution in [3.8, 4) is 0 Å². The summed E-state index contributed by atoms with van der Waals surface area (Å²) in [5, 5.41) is 0. The molecule has 0 fully saturated rings. The molecule has 0 bridgehead atoms. The summed E-state index contributed by atoms with van der Waals surface area (Å²) in [6, 6.07) is 6.46. The van der Waals surface area contributed by atoms with Crippen molar-refractivity contribution in [2.45, 2.75) is 33.6 Å².